The molecule has 0 saturated heterocycles. The first-order valence-corrected chi connectivity index (χ1v) is 19.2. The summed E-state index contributed by atoms with van der Waals surface area (Å²) >= 11 is 0. The van der Waals surface area contributed by atoms with E-state index in [1.54, 1.807) is 24.3 Å². The second-order valence-corrected chi connectivity index (χ2v) is 22.2. The smallest absolute Gasteiger partial charge is 0.314 e. The average molecular weight is 436 g/mol. The fourth-order valence-corrected chi connectivity index (χ4v) is 16.0. The Balaban J connectivity index is 1.98. The first-order valence-electron chi connectivity index (χ1n) is 9.84. The second kappa shape index (κ2) is 8.58. The Kier molecular flexibility index (Phi) is 7.03. The van der Waals surface area contributed by atoms with Crippen LogP contribution in [0.5, 0.6) is 0 Å². The van der Waals surface area contributed by atoms with Crippen molar-refractivity contribution < 1.29 is 17.8 Å². The summed E-state index contributed by atoms with van der Waals surface area (Å²) in [6.45, 7) is 15.9. The fourth-order valence-electron chi connectivity index (χ4n) is 3.50. The zero-order valence-electron chi connectivity index (χ0n) is 18.1. The Bertz CT molecular complexity index is 762. The minimum Gasteiger partial charge on any atom is -0.437 e. The zero-order chi connectivity index (χ0) is 21.2. The highest BCUT2D eigenvalue weighted by Crippen LogP contribution is 2.25. The van der Waals surface area contributed by atoms with Crippen molar-refractivity contribution in [3.05, 3.63) is 47.2 Å². The number of Topliss-reactive ketones (excluding diaryl/α,β-unsaturated/α-hetero) is 1. The molecule has 8 heteroatoms. The topological polar surface area (TPSA) is 64.6 Å². The lowest BCUT2D eigenvalue weighted by atomic mass is 9.93. The van der Waals surface area contributed by atoms with Crippen LogP contribution in [0.2, 0.25) is 51.9 Å². The lowest BCUT2D eigenvalue weighted by Crippen LogP contribution is -2.52. The Morgan fingerprint density at radius 2 is 1.39 bits per heavy atom. The SMILES string of the molecule is C[Si](C)(C)O[Si](C)(CCCNC1=CC(=O)c2ccccc2C1=O)O[Si](C)(C)C. The second-order valence-electron chi connectivity index (χ2n) is 9.39. The molecule has 0 saturated carbocycles. The molecule has 2 rings (SSSR count). The molecule has 1 aliphatic carbocycles. The van der Waals surface area contributed by atoms with E-state index in [9.17, 15) is 9.59 Å². The number of allylic oxidation sites excluding steroid dienone is 2. The third kappa shape index (κ3) is 6.63. The van der Waals surface area contributed by atoms with E-state index in [1.807, 2.05) is 0 Å². The van der Waals surface area contributed by atoms with Gasteiger partial charge in [0.1, 0.15) is 0 Å². The summed E-state index contributed by atoms with van der Waals surface area (Å²) in [7, 11) is -5.72. The zero-order valence-corrected chi connectivity index (χ0v) is 21.1. The highest BCUT2D eigenvalue weighted by Gasteiger charge is 2.39. The molecule has 0 aliphatic heterocycles. The van der Waals surface area contributed by atoms with Gasteiger partial charge in [-0.25, -0.2) is 0 Å². The van der Waals surface area contributed by atoms with Gasteiger partial charge in [0.2, 0.25) is 5.78 Å². The molecule has 1 aromatic carbocycles. The van der Waals surface area contributed by atoms with Gasteiger partial charge in [-0.2, -0.15) is 0 Å². The van der Waals surface area contributed by atoms with E-state index in [2.05, 4.69) is 51.1 Å². The summed E-state index contributed by atoms with van der Waals surface area (Å²) in [5, 5.41) is 3.17. The third-order valence-corrected chi connectivity index (χ3v) is 13.7. The average Bonchev–Trinajstić information content (AvgIpc) is 2.52. The van der Waals surface area contributed by atoms with Gasteiger partial charge in [-0.1, -0.05) is 24.3 Å². The summed E-state index contributed by atoms with van der Waals surface area (Å²) in [6.07, 6.45) is 2.25. The predicted octanol–water partition coefficient (Wildman–Crippen LogP) is 4.70. The van der Waals surface area contributed by atoms with Gasteiger partial charge in [-0.3, -0.25) is 9.59 Å². The van der Waals surface area contributed by atoms with Crippen LogP contribution >= 0.6 is 0 Å². The van der Waals surface area contributed by atoms with E-state index < -0.39 is 25.2 Å². The summed E-state index contributed by atoms with van der Waals surface area (Å²) in [5.41, 5.74) is 1.33. The molecule has 1 aliphatic rings. The van der Waals surface area contributed by atoms with Gasteiger partial charge in [0.25, 0.3) is 0 Å². The van der Waals surface area contributed by atoms with E-state index in [4.69, 9.17) is 8.23 Å². The summed E-state index contributed by atoms with van der Waals surface area (Å²) in [6, 6.07) is 7.82. The monoisotopic (exact) mass is 435 g/mol. The summed E-state index contributed by atoms with van der Waals surface area (Å²) in [4.78, 5) is 24.9. The minimum atomic E-state index is -2.28. The Morgan fingerprint density at radius 3 is 1.93 bits per heavy atom. The molecular weight excluding hydrogens is 402 g/mol. The normalized spacial score (nSPS) is 15.3. The standard InChI is InChI=1S/C20H33NO4Si3/c1-26(2,3)24-28(7,25-27(4,5)6)14-10-13-21-18-15-19(22)16-11-8-9-12-17(16)20(18)23/h8-9,11-12,15,21H,10,13-14H2,1-7H3. The molecule has 0 atom stereocenters. The largest absolute Gasteiger partial charge is 0.437 e. The number of carbonyl (C=O) groups is 2. The van der Waals surface area contributed by atoms with Gasteiger partial charge in [-0.05, 0) is 58.3 Å². The maximum atomic E-state index is 12.6. The molecule has 0 radical (unpaired) electrons. The summed E-state index contributed by atoms with van der Waals surface area (Å²) < 4.78 is 13.0. The maximum absolute atomic E-state index is 12.6. The van der Waals surface area contributed by atoms with Gasteiger partial charge >= 0.3 is 8.56 Å². The van der Waals surface area contributed by atoms with Crippen molar-refractivity contribution in [2.45, 2.75) is 58.3 Å². The van der Waals surface area contributed by atoms with E-state index in [0.717, 1.165) is 12.5 Å². The maximum Gasteiger partial charge on any atom is 0.314 e. The third-order valence-electron chi connectivity index (χ3n) is 4.12. The first kappa shape index (κ1) is 23.0. The van der Waals surface area contributed by atoms with Crippen LogP contribution in [0.1, 0.15) is 27.1 Å². The number of hydrogen-bond donors (Lipinski definition) is 1. The molecule has 0 unspecified atom stereocenters. The molecule has 0 amide bonds. The van der Waals surface area contributed by atoms with Crippen LogP contribution in [0.4, 0.5) is 0 Å². The minimum absolute atomic E-state index is 0.119. The van der Waals surface area contributed by atoms with E-state index in [1.165, 1.54) is 6.08 Å². The molecule has 5 nitrogen and oxygen atoms in total. The fraction of sp³-hybridized carbons (Fsp3) is 0.500. The Morgan fingerprint density at radius 1 is 0.857 bits per heavy atom. The van der Waals surface area contributed by atoms with E-state index >= 15 is 0 Å². The molecule has 0 heterocycles. The van der Waals surface area contributed by atoms with Crippen molar-refractivity contribution >= 4 is 36.8 Å². The van der Waals surface area contributed by atoms with Crippen LogP contribution < -0.4 is 5.32 Å². The predicted molar refractivity (Wildman–Crippen MR) is 121 cm³/mol. The number of benzene rings is 1. The van der Waals surface area contributed by atoms with Crippen molar-refractivity contribution in [2.24, 2.45) is 0 Å². The van der Waals surface area contributed by atoms with Crippen LogP contribution in [0, 0.1) is 0 Å². The van der Waals surface area contributed by atoms with E-state index in [-0.39, 0.29) is 11.6 Å². The van der Waals surface area contributed by atoms with Crippen molar-refractivity contribution in [2.75, 3.05) is 6.54 Å². The Hall–Kier alpha value is -1.33. The molecular formula is C20H33NO4Si3. The van der Waals surface area contributed by atoms with Gasteiger partial charge in [0.05, 0.1) is 5.70 Å². The van der Waals surface area contributed by atoms with Gasteiger partial charge in [0, 0.05) is 23.7 Å². The van der Waals surface area contributed by atoms with E-state index in [0.29, 0.717) is 23.4 Å². The van der Waals surface area contributed by atoms with Crippen LogP contribution in [-0.2, 0) is 8.23 Å². The van der Waals surface area contributed by atoms with Gasteiger partial charge < -0.3 is 13.5 Å². The number of ketones is 2. The van der Waals surface area contributed by atoms with Crippen LogP contribution in [0.15, 0.2) is 36.0 Å². The lowest BCUT2D eigenvalue weighted by molar-refractivity contribution is 0.0978. The molecule has 0 spiro atoms. The molecule has 0 fully saturated rings. The molecule has 0 bridgehead atoms. The molecule has 0 aromatic heterocycles. The number of rotatable bonds is 9. The lowest BCUT2D eigenvalue weighted by Gasteiger charge is -2.38. The molecule has 1 N–H and O–H groups in total. The molecule has 28 heavy (non-hydrogen) atoms. The van der Waals surface area contributed by atoms with Crippen molar-refractivity contribution in [3.63, 3.8) is 0 Å². The first-order chi connectivity index (χ1) is 12.8. The van der Waals surface area contributed by atoms with Crippen molar-refractivity contribution in [1.29, 1.82) is 0 Å². The number of nitrogens with one attached hydrogen (secondary N) is 1. The van der Waals surface area contributed by atoms with Crippen LogP contribution in [-0.4, -0.2) is 43.3 Å². The summed E-state index contributed by atoms with van der Waals surface area (Å²) in [5.74, 6) is -0.243. The quantitative estimate of drug-likeness (QED) is 0.450. The van der Waals surface area contributed by atoms with Crippen LogP contribution in [0.3, 0.4) is 0 Å². The van der Waals surface area contributed by atoms with Gasteiger partial charge in [0.15, 0.2) is 22.4 Å². The number of carbonyl (C=O) groups excluding carboxylic acids is 2. The van der Waals surface area contributed by atoms with Crippen LogP contribution in [0.25, 0.3) is 0 Å². The highest BCUT2D eigenvalue weighted by molar-refractivity contribution is 6.87. The highest BCUT2D eigenvalue weighted by atomic mass is 28.5. The number of fused-ring (bicyclic) bond motifs is 1. The Labute approximate surface area is 172 Å². The molecule has 154 valence electrons. The van der Waals surface area contributed by atoms with Gasteiger partial charge in [-0.15, -0.1) is 0 Å². The number of hydrogen-bond acceptors (Lipinski definition) is 5. The van der Waals surface area contributed by atoms with Crippen molar-refractivity contribution in [1.82, 2.24) is 5.32 Å². The van der Waals surface area contributed by atoms with Crippen molar-refractivity contribution in [3.8, 4) is 0 Å². The molecule has 1 aromatic rings.